The van der Waals surface area contributed by atoms with Gasteiger partial charge in [-0.15, -0.1) is 0 Å². The summed E-state index contributed by atoms with van der Waals surface area (Å²) in [5.74, 6) is 2.58. The van der Waals surface area contributed by atoms with Crippen LogP contribution >= 0.6 is 0 Å². The molecule has 2 heterocycles. The van der Waals surface area contributed by atoms with Crippen LogP contribution in [-0.4, -0.2) is 38.0 Å². The van der Waals surface area contributed by atoms with E-state index in [4.69, 9.17) is 9.47 Å². The van der Waals surface area contributed by atoms with Crippen LogP contribution in [0.5, 0.6) is 11.5 Å². The van der Waals surface area contributed by atoms with Crippen LogP contribution < -0.4 is 9.47 Å². The summed E-state index contributed by atoms with van der Waals surface area (Å²) < 4.78 is 11.0. The van der Waals surface area contributed by atoms with Crippen molar-refractivity contribution in [2.24, 2.45) is 5.92 Å². The van der Waals surface area contributed by atoms with Gasteiger partial charge in [0.05, 0.1) is 19.8 Å². The van der Waals surface area contributed by atoms with Gasteiger partial charge in [0.25, 0.3) is 0 Å². The highest BCUT2D eigenvalue weighted by molar-refractivity contribution is 5.81. The average molecular weight is 301 g/mol. The van der Waals surface area contributed by atoms with Crippen molar-refractivity contribution in [2.45, 2.75) is 37.6 Å². The summed E-state index contributed by atoms with van der Waals surface area (Å²) in [6.45, 7) is 2.16. The first kappa shape index (κ1) is 14.1. The van der Waals surface area contributed by atoms with Gasteiger partial charge in [0, 0.05) is 19.4 Å². The molecule has 1 aromatic rings. The van der Waals surface area contributed by atoms with Crippen molar-refractivity contribution in [3.05, 3.63) is 23.3 Å². The van der Waals surface area contributed by atoms with Crippen molar-refractivity contribution in [1.82, 2.24) is 4.90 Å². The summed E-state index contributed by atoms with van der Waals surface area (Å²) in [5.41, 5.74) is 2.56. The fourth-order valence-electron chi connectivity index (χ4n) is 4.95. The zero-order chi connectivity index (χ0) is 15.3. The number of Topliss-reactive ketones (excluding diaryl/α,β-unsaturated/α-hetero) is 1. The molecule has 0 amide bonds. The lowest BCUT2D eigenvalue weighted by molar-refractivity contribution is -0.126. The minimum atomic E-state index is -0.0809. The number of hydrogen-bond donors (Lipinski definition) is 0. The van der Waals surface area contributed by atoms with Crippen LogP contribution in [0.1, 0.15) is 36.8 Å². The van der Waals surface area contributed by atoms with Gasteiger partial charge in [-0.2, -0.15) is 0 Å². The minimum Gasteiger partial charge on any atom is -0.493 e. The zero-order valence-corrected chi connectivity index (χ0v) is 13.4. The van der Waals surface area contributed by atoms with Crippen molar-refractivity contribution in [3.8, 4) is 11.5 Å². The Morgan fingerprint density at radius 3 is 2.64 bits per heavy atom. The van der Waals surface area contributed by atoms with E-state index in [0.717, 1.165) is 43.9 Å². The van der Waals surface area contributed by atoms with Gasteiger partial charge >= 0.3 is 0 Å². The quantitative estimate of drug-likeness (QED) is 0.841. The number of hydrogen-bond acceptors (Lipinski definition) is 4. The van der Waals surface area contributed by atoms with Crippen molar-refractivity contribution in [2.75, 3.05) is 27.3 Å². The summed E-state index contributed by atoms with van der Waals surface area (Å²) >= 11 is 0. The fourth-order valence-corrected chi connectivity index (χ4v) is 4.95. The molecule has 4 rings (SSSR count). The lowest BCUT2D eigenvalue weighted by Gasteiger charge is -2.49. The molecule has 22 heavy (non-hydrogen) atoms. The Hall–Kier alpha value is -1.55. The molecule has 2 fully saturated rings. The third-order valence-electron chi connectivity index (χ3n) is 5.95. The number of carbonyl (C=O) groups excluding carboxylic acids is 1. The molecule has 0 aromatic heterocycles. The fraction of sp³-hybridized carbons (Fsp3) is 0.611. The van der Waals surface area contributed by atoms with E-state index in [1.807, 2.05) is 0 Å². The van der Waals surface area contributed by atoms with Gasteiger partial charge in [-0.05, 0) is 55.0 Å². The standard InChI is InChI=1S/C18H23NO3/c1-21-16-9-12-5-7-19-8-6-13-3-4-14(20)11-18(13,19)15(12)10-17(16)22-2/h9-10,13H,3-8,11H2,1-2H3. The summed E-state index contributed by atoms with van der Waals surface area (Å²) in [5, 5.41) is 0. The molecule has 118 valence electrons. The van der Waals surface area contributed by atoms with E-state index in [1.54, 1.807) is 14.2 Å². The third kappa shape index (κ3) is 1.76. The lowest BCUT2D eigenvalue weighted by atomic mass is 9.66. The number of rotatable bonds is 2. The summed E-state index contributed by atoms with van der Waals surface area (Å²) in [7, 11) is 3.36. The third-order valence-corrected chi connectivity index (χ3v) is 5.95. The summed E-state index contributed by atoms with van der Waals surface area (Å²) in [6, 6.07) is 4.26. The normalized spacial score (nSPS) is 30.5. The molecule has 1 saturated carbocycles. The van der Waals surface area contributed by atoms with Gasteiger partial charge in [0.15, 0.2) is 11.5 Å². The maximum atomic E-state index is 12.3. The molecule has 0 N–H and O–H groups in total. The SMILES string of the molecule is COc1cc2c(cc1OC)C13CC(=O)CCC1CCN3CC2. The van der Waals surface area contributed by atoms with Crippen molar-refractivity contribution >= 4 is 5.78 Å². The van der Waals surface area contributed by atoms with E-state index < -0.39 is 0 Å². The van der Waals surface area contributed by atoms with E-state index in [9.17, 15) is 4.79 Å². The molecule has 3 aliphatic rings. The maximum absolute atomic E-state index is 12.3. The highest BCUT2D eigenvalue weighted by Crippen LogP contribution is 2.55. The van der Waals surface area contributed by atoms with Gasteiger partial charge in [0.2, 0.25) is 0 Å². The number of ether oxygens (including phenoxy) is 2. The molecule has 4 nitrogen and oxygen atoms in total. The van der Waals surface area contributed by atoms with Crippen LogP contribution in [-0.2, 0) is 16.8 Å². The average Bonchev–Trinajstić information content (AvgIpc) is 2.92. The molecule has 4 heteroatoms. The van der Waals surface area contributed by atoms with Gasteiger partial charge in [-0.25, -0.2) is 0 Å². The number of ketones is 1. The second-order valence-corrected chi connectivity index (χ2v) is 6.77. The predicted octanol–water partition coefficient (Wildman–Crippen LogP) is 2.53. The van der Waals surface area contributed by atoms with Gasteiger partial charge in [0.1, 0.15) is 5.78 Å². The van der Waals surface area contributed by atoms with E-state index >= 15 is 0 Å². The Morgan fingerprint density at radius 1 is 1.09 bits per heavy atom. The molecule has 2 aliphatic heterocycles. The highest BCUT2D eigenvalue weighted by Gasteiger charge is 2.55. The number of fused-ring (bicyclic) bond motifs is 1. The molecular weight excluding hydrogens is 278 g/mol. The van der Waals surface area contributed by atoms with Gasteiger partial charge in [-0.3, -0.25) is 9.69 Å². The van der Waals surface area contributed by atoms with Crippen LogP contribution in [0, 0.1) is 5.92 Å². The highest BCUT2D eigenvalue weighted by atomic mass is 16.5. The van der Waals surface area contributed by atoms with E-state index in [-0.39, 0.29) is 5.54 Å². The summed E-state index contributed by atoms with van der Waals surface area (Å²) in [4.78, 5) is 14.8. The Morgan fingerprint density at radius 2 is 1.86 bits per heavy atom. The second kappa shape index (κ2) is 4.98. The van der Waals surface area contributed by atoms with Crippen LogP contribution in [0.2, 0.25) is 0 Å². The van der Waals surface area contributed by atoms with Crippen LogP contribution in [0.25, 0.3) is 0 Å². The Balaban J connectivity index is 1.90. The Labute approximate surface area is 131 Å². The molecule has 1 spiro atoms. The number of carbonyl (C=O) groups is 1. The van der Waals surface area contributed by atoms with Crippen LogP contribution in [0.3, 0.4) is 0 Å². The zero-order valence-electron chi connectivity index (χ0n) is 13.4. The van der Waals surface area contributed by atoms with Gasteiger partial charge < -0.3 is 9.47 Å². The van der Waals surface area contributed by atoms with Crippen LogP contribution in [0.4, 0.5) is 0 Å². The monoisotopic (exact) mass is 301 g/mol. The molecule has 2 unspecified atom stereocenters. The summed E-state index contributed by atoms with van der Waals surface area (Å²) in [6.07, 6.45) is 4.69. The molecule has 1 aliphatic carbocycles. The van der Waals surface area contributed by atoms with E-state index in [0.29, 0.717) is 18.1 Å². The van der Waals surface area contributed by atoms with Crippen molar-refractivity contribution in [1.29, 1.82) is 0 Å². The molecular formula is C18H23NO3. The van der Waals surface area contributed by atoms with E-state index in [2.05, 4.69) is 17.0 Å². The molecule has 0 radical (unpaired) electrons. The molecule has 1 saturated heterocycles. The van der Waals surface area contributed by atoms with Crippen molar-refractivity contribution in [3.63, 3.8) is 0 Å². The Bertz CT molecular complexity index is 627. The van der Waals surface area contributed by atoms with Gasteiger partial charge in [-0.1, -0.05) is 0 Å². The van der Waals surface area contributed by atoms with Crippen LogP contribution in [0.15, 0.2) is 12.1 Å². The van der Waals surface area contributed by atoms with E-state index in [1.165, 1.54) is 17.5 Å². The molecule has 1 aromatic carbocycles. The maximum Gasteiger partial charge on any atom is 0.161 e. The molecule has 2 atom stereocenters. The first-order chi connectivity index (χ1) is 10.7. The topological polar surface area (TPSA) is 38.8 Å². The predicted molar refractivity (Wildman–Crippen MR) is 83.5 cm³/mol. The number of methoxy groups -OCH3 is 2. The molecule has 0 bridgehead atoms. The number of nitrogens with zero attached hydrogens (tertiary/aromatic N) is 1. The Kier molecular flexibility index (Phi) is 3.19. The largest absolute Gasteiger partial charge is 0.493 e. The number of benzene rings is 1. The second-order valence-electron chi connectivity index (χ2n) is 6.77. The smallest absolute Gasteiger partial charge is 0.161 e. The lowest BCUT2D eigenvalue weighted by Crippen LogP contribution is -2.52. The van der Waals surface area contributed by atoms with Crippen molar-refractivity contribution < 1.29 is 14.3 Å². The first-order valence-electron chi connectivity index (χ1n) is 8.21. The minimum absolute atomic E-state index is 0.0809. The first-order valence-corrected chi connectivity index (χ1v) is 8.21.